The summed E-state index contributed by atoms with van der Waals surface area (Å²) in [5.41, 5.74) is 0. The van der Waals surface area contributed by atoms with E-state index in [1.165, 1.54) is 0 Å². The SMILES string of the molecule is O=P12OP3(=O)OP(=O)(O1)OP(=O)(O2)O3.OCCN(CCO)CCO.OCCN(CCO)CCO. The molecular formula is C12H30N2O16P4. The molecule has 34 heavy (non-hydrogen) atoms. The van der Waals surface area contributed by atoms with Crippen LogP contribution in [0.2, 0.25) is 0 Å². The summed E-state index contributed by atoms with van der Waals surface area (Å²) >= 11 is 0. The Bertz CT molecular complexity index is 601. The summed E-state index contributed by atoms with van der Waals surface area (Å²) in [6.45, 7) is 3.51. The third kappa shape index (κ3) is 10.8. The summed E-state index contributed by atoms with van der Waals surface area (Å²) in [5, 5.41) is 50.9. The van der Waals surface area contributed by atoms with E-state index in [2.05, 4.69) is 25.9 Å². The van der Waals surface area contributed by atoms with Gasteiger partial charge < -0.3 is 30.6 Å². The number of aliphatic hydroxyl groups is 6. The van der Waals surface area contributed by atoms with Crippen LogP contribution in [0.1, 0.15) is 0 Å². The lowest BCUT2D eigenvalue weighted by molar-refractivity contribution is 0.0908. The van der Waals surface area contributed by atoms with Crippen LogP contribution >= 0.6 is 31.3 Å². The Morgan fingerprint density at radius 2 is 0.529 bits per heavy atom. The third-order valence-electron chi connectivity index (χ3n) is 3.70. The average molecular weight is 582 g/mol. The van der Waals surface area contributed by atoms with Crippen molar-refractivity contribution in [2.45, 2.75) is 0 Å². The molecule has 0 radical (unpaired) electrons. The van der Waals surface area contributed by atoms with Crippen LogP contribution in [0.15, 0.2) is 0 Å². The van der Waals surface area contributed by atoms with Gasteiger partial charge in [0.1, 0.15) is 0 Å². The van der Waals surface area contributed by atoms with Crippen molar-refractivity contribution in [3.63, 3.8) is 0 Å². The Labute approximate surface area is 195 Å². The molecule has 0 spiro atoms. The van der Waals surface area contributed by atoms with E-state index in [-0.39, 0.29) is 39.6 Å². The molecule has 4 aliphatic rings. The van der Waals surface area contributed by atoms with Crippen molar-refractivity contribution in [2.75, 3.05) is 78.9 Å². The first-order valence-electron chi connectivity index (χ1n) is 9.72. The van der Waals surface area contributed by atoms with E-state index in [0.29, 0.717) is 39.3 Å². The van der Waals surface area contributed by atoms with Gasteiger partial charge in [0.25, 0.3) is 0 Å². The van der Waals surface area contributed by atoms with Crippen molar-refractivity contribution in [2.24, 2.45) is 0 Å². The molecule has 0 amide bonds. The first-order chi connectivity index (χ1) is 15.9. The number of aliphatic hydroxyl groups excluding tert-OH is 6. The van der Waals surface area contributed by atoms with E-state index in [1.807, 2.05) is 0 Å². The molecule has 0 aromatic rings. The maximum atomic E-state index is 11.3. The number of hydrogen-bond acceptors (Lipinski definition) is 18. The molecule has 18 nitrogen and oxygen atoms in total. The van der Waals surface area contributed by atoms with Gasteiger partial charge in [0.05, 0.1) is 39.6 Å². The standard InChI is InChI=1S/2C6H15NO3.O10P4/c2*8-4-1-7(2-5-9)3-6-10;1-11-5-12(2)8-13(3,6-11)10-14(4,7-11)9-12/h2*8-10H,1-6H2;. The topological polar surface area (TPSA) is 252 Å². The number of phosphoric acid groups is 4. The fourth-order valence-corrected chi connectivity index (χ4v) is 13.0. The van der Waals surface area contributed by atoms with Crippen molar-refractivity contribution in [1.29, 1.82) is 0 Å². The largest absolute Gasteiger partial charge is 0.501 e. The van der Waals surface area contributed by atoms with Crippen LogP contribution in [-0.2, 0) is 44.1 Å². The molecule has 204 valence electrons. The molecule has 0 aromatic heterocycles. The van der Waals surface area contributed by atoms with Crippen molar-refractivity contribution < 1.29 is 74.8 Å². The van der Waals surface area contributed by atoms with Gasteiger partial charge in [0.2, 0.25) is 0 Å². The molecule has 4 heterocycles. The summed E-state index contributed by atoms with van der Waals surface area (Å²) in [6.07, 6.45) is 0. The molecule has 4 rings (SSSR count). The van der Waals surface area contributed by atoms with E-state index in [4.69, 9.17) is 30.6 Å². The molecule has 0 unspecified atom stereocenters. The monoisotopic (exact) mass is 582 g/mol. The second-order valence-corrected chi connectivity index (χ2v) is 13.8. The molecule has 4 bridgehead atoms. The molecule has 4 saturated heterocycles. The van der Waals surface area contributed by atoms with Gasteiger partial charge in [0.15, 0.2) is 0 Å². The molecule has 0 aromatic carbocycles. The van der Waals surface area contributed by atoms with Crippen LogP contribution < -0.4 is 0 Å². The quantitative estimate of drug-likeness (QED) is 0.152. The van der Waals surface area contributed by atoms with Gasteiger partial charge in [-0.3, -0.25) is 9.80 Å². The highest BCUT2D eigenvalue weighted by atomic mass is 31.4. The number of rotatable bonds is 12. The number of hydrogen-bond donors (Lipinski definition) is 6. The molecule has 0 saturated carbocycles. The lowest BCUT2D eigenvalue weighted by Crippen LogP contribution is -2.32. The number of nitrogens with zero attached hydrogens (tertiary/aromatic N) is 2. The zero-order valence-electron chi connectivity index (χ0n) is 17.9. The van der Waals surface area contributed by atoms with Gasteiger partial charge >= 0.3 is 31.3 Å². The summed E-state index contributed by atoms with van der Waals surface area (Å²) in [6, 6.07) is 0. The molecule has 22 heteroatoms. The van der Waals surface area contributed by atoms with Crippen LogP contribution in [0, 0.1) is 0 Å². The van der Waals surface area contributed by atoms with Crippen molar-refractivity contribution in [3.05, 3.63) is 0 Å². The van der Waals surface area contributed by atoms with E-state index >= 15 is 0 Å². The molecule has 6 N–H and O–H groups in total. The zero-order valence-corrected chi connectivity index (χ0v) is 21.5. The van der Waals surface area contributed by atoms with Crippen LogP contribution in [-0.4, -0.2) is 119 Å². The van der Waals surface area contributed by atoms with Gasteiger partial charge in [-0.2, -0.15) is 25.9 Å². The molecular weight excluding hydrogens is 552 g/mol. The van der Waals surface area contributed by atoms with Gasteiger partial charge in [-0.25, -0.2) is 18.3 Å². The van der Waals surface area contributed by atoms with Crippen molar-refractivity contribution >= 4 is 31.3 Å². The fourth-order valence-electron chi connectivity index (χ4n) is 2.43. The highest BCUT2D eigenvalue weighted by Gasteiger charge is 2.74. The van der Waals surface area contributed by atoms with E-state index in [0.717, 1.165) is 0 Å². The highest BCUT2D eigenvalue weighted by molar-refractivity contribution is 7.88. The summed E-state index contributed by atoms with van der Waals surface area (Å²) in [4.78, 5) is 3.58. The molecule has 4 fully saturated rings. The normalized spacial score (nSPS) is 33.4. The Morgan fingerprint density at radius 3 is 0.647 bits per heavy atom. The third-order valence-corrected chi connectivity index (χ3v) is 13.3. The first kappa shape index (κ1) is 32.4. The minimum absolute atomic E-state index is 0.0694. The van der Waals surface area contributed by atoms with Crippen LogP contribution in [0.25, 0.3) is 0 Å². The second-order valence-electron chi connectivity index (χ2n) is 6.30. The van der Waals surface area contributed by atoms with Gasteiger partial charge in [-0.15, -0.1) is 0 Å². The molecule has 0 atom stereocenters. The van der Waals surface area contributed by atoms with Crippen molar-refractivity contribution in [1.82, 2.24) is 9.80 Å². The summed E-state index contributed by atoms with van der Waals surface area (Å²) in [7, 11) is -17.7. The molecule has 0 aliphatic carbocycles. The predicted molar refractivity (Wildman–Crippen MR) is 112 cm³/mol. The zero-order chi connectivity index (χ0) is 25.9. The predicted octanol–water partition coefficient (Wildman–Crippen LogP) is -0.910. The Balaban J connectivity index is 0.000000263. The van der Waals surface area contributed by atoms with Gasteiger partial charge in [-0.1, -0.05) is 0 Å². The van der Waals surface area contributed by atoms with Gasteiger partial charge in [-0.05, 0) is 0 Å². The fraction of sp³-hybridized carbons (Fsp3) is 1.00. The lowest BCUT2D eigenvalue weighted by Gasteiger charge is -2.41. The lowest BCUT2D eigenvalue weighted by atomic mass is 10.4. The minimum Gasteiger partial charge on any atom is -0.395 e. The Kier molecular flexibility index (Phi) is 14.2. The van der Waals surface area contributed by atoms with Crippen LogP contribution in [0.5, 0.6) is 0 Å². The Morgan fingerprint density at radius 1 is 0.382 bits per heavy atom. The summed E-state index contributed by atoms with van der Waals surface area (Å²) in [5.74, 6) is 0. The van der Waals surface area contributed by atoms with E-state index < -0.39 is 31.3 Å². The highest BCUT2D eigenvalue weighted by Crippen LogP contribution is 2.99. The van der Waals surface area contributed by atoms with Crippen LogP contribution in [0.3, 0.4) is 0 Å². The van der Waals surface area contributed by atoms with Crippen molar-refractivity contribution in [3.8, 4) is 0 Å². The maximum Gasteiger partial charge on any atom is 0.501 e. The van der Waals surface area contributed by atoms with E-state index in [9.17, 15) is 18.3 Å². The van der Waals surface area contributed by atoms with E-state index in [1.54, 1.807) is 9.80 Å². The minimum atomic E-state index is -4.43. The maximum absolute atomic E-state index is 11.3. The van der Waals surface area contributed by atoms with Gasteiger partial charge in [0, 0.05) is 39.3 Å². The summed E-state index contributed by atoms with van der Waals surface area (Å²) < 4.78 is 69.9. The second kappa shape index (κ2) is 14.9. The molecule has 4 aliphatic heterocycles. The van der Waals surface area contributed by atoms with Crippen LogP contribution in [0.4, 0.5) is 0 Å². The average Bonchev–Trinajstić information content (AvgIpc) is 2.66. The smallest absolute Gasteiger partial charge is 0.395 e. The first-order valence-corrected chi connectivity index (χ1v) is 15.6. The Hall–Kier alpha value is 0.360.